The van der Waals surface area contributed by atoms with Gasteiger partial charge in [-0.1, -0.05) is 259 Å². The van der Waals surface area contributed by atoms with Crippen molar-refractivity contribution in [2.45, 2.75) is 297 Å². The van der Waals surface area contributed by atoms with Crippen molar-refractivity contribution in [2.24, 2.45) is 5.41 Å². The van der Waals surface area contributed by atoms with Gasteiger partial charge in [0.2, 0.25) is 0 Å². The van der Waals surface area contributed by atoms with Crippen LogP contribution in [-0.4, -0.2) is 25.2 Å². The van der Waals surface area contributed by atoms with Crippen LogP contribution in [0, 0.1) is 5.41 Å². The summed E-state index contributed by atoms with van der Waals surface area (Å²) < 4.78 is 11.5. The van der Waals surface area contributed by atoms with Gasteiger partial charge in [-0.25, -0.2) is 0 Å². The van der Waals surface area contributed by atoms with Crippen molar-refractivity contribution in [2.75, 3.05) is 13.2 Å². The van der Waals surface area contributed by atoms with Gasteiger partial charge < -0.3 is 9.47 Å². The minimum atomic E-state index is -0.271. The first kappa shape index (κ1) is 53.9. The SMILES string of the molecule is CCCCCCCCCCCCCCCCCCCCCC(=O)OCC(CC)(CC)COC(=O)CCCCCCCCCCCCCCCCCCCCC. The first-order valence-electron chi connectivity index (χ1n) is 25.3. The van der Waals surface area contributed by atoms with Crippen molar-refractivity contribution in [3.05, 3.63) is 0 Å². The van der Waals surface area contributed by atoms with E-state index in [4.69, 9.17) is 9.47 Å². The summed E-state index contributed by atoms with van der Waals surface area (Å²) in [6, 6.07) is 0. The molecular weight excluding hydrogens is 677 g/mol. The Morgan fingerprint density at radius 3 is 0.655 bits per heavy atom. The monoisotopic (exact) mass is 777 g/mol. The minimum Gasteiger partial charge on any atom is -0.465 e. The van der Waals surface area contributed by atoms with Gasteiger partial charge in [-0.2, -0.15) is 0 Å². The molecule has 0 bridgehead atoms. The molecule has 328 valence electrons. The largest absolute Gasteiger partial charge is 0.465 e. The minimum absolute atomic E-state index is 0.0985. The Labute approximate surface area is 346 Å². The number of ether oxygens (including phenoxy) is 2. The maximum absolute atomic E-state index is 12.5. The van der Waals surface area contributed by atoms with E-state index in [-0.39, 0.29) is 17.4 Å². The van der Waals surface area contributed by atoms with Crippen LogP contribution in [0.1, 0.15) is 297 Å². The van der Waals surface area contributed by atoms with Crippen LogP contribution in [0.25, 0.3) is 0 Å². The van der Waals surface area contributed by atoms with Crippen LogP contribution in [0.4, 0.5) is 0 Å². The number of esters is 2. The average molecular weight is 777 g/mol. The molecule has 0 aliphatic heterocycles. The molecule has 0 spiro atoms. The van der Waals surface area contributed by atoms with Gasteiger partial charge in [-0.15, -0.1) is 0 Å². The van der Waals surface area contributed by atoms with Gasteiger partial charge in [-0.05, 0) is 25.7 Å². The fourth-order valence-corrected chi connectivity index (χ4v) is 8.01. The molecule has 0 fully saturated rings. The lowest BCUT2D eigenvalue weighted by Gasteiger charge is -2.30. The molecular formula is C51H100O4. The number of carbonyl (C=O) groups excluding carboxylic acids is 2. The maximum Gasteiger partial charge on any atom is 0.305 e. The first-order valence-corrected chi connectivity index (χ1v) is 25.3. The normalized spacial score (nSPS) is 11.7. The molecule has 0 aromatic heterocycles. The van der Waals surface area contributed by atoms with E-state index < -0.39 is 0 Å². The molecule has 0 atom stereocenters. The van der Waals surface area contributed by atoms with Crippen LogP contribution in [0.3, 0.4) is 0 Å². The van der Waals surface area contributed by atoms with E-state index in [1.807, 2.05) is 0 Å². The summed E-state index contributed by atoms with van der Waals surface area (Å²) in [4.78, 5) is 25.0. The van der Waals surface area contributed by atoms with Crippen LogP contribution >= 0.6 is 0 Å². The van der Waals surface area contributed by atoms with E-state index in [9.17, 15) is 9.59 Å². The van der Waals surface area contributed by atoms with Gasteiger partial charge in [0.1, 0.15) is 13.2 Å². The van der Waals surface area contributed by atoms with Gasteiger partial charge in [-0.3, -0.25) is 9.59 Å². The Bertz CT molecular complexity index is 715. The summed E-state index contributed by atoms with van der Waals surface area (Å²) in [5.41, 5.74) is -0.271. The topological polar surface area (TPSA) is 52.6 Å². The zero-order chi connectivity index (χ0) is 40.2. The summed E-state index contributed by atoms with van der Waals surface area (Å²) in [5.74, 6) is -0.197. The van der Waals surface area contributed by atoms with Crippen molar-refractivity contribution in [3.63, 3.8) is 0 Å². The van der Waals surface area contributed by atoms with Gasteiger partial charge in [0, 0.05) is 18.3 Å². The number of hydrogen-bond acceptors (Lipinski definition) is 4. The van der Waals surface area contributed by atoms with E-state index in [0.29, 0.717) is 26.1 Å². The zero-order valence-electron chi connectivity index (χ0n) is 38.2. The number of carbonyl (C=O) groups is 2. The second-order valence-electron chi connectivity index (χ2n) is 17.8. The van der Waals surface area contributed by atoms with Gasteiger partial charge >= 0.3 is 11.9 Å². The van der Waals surface area contributed by atoms with E-state index in [2.05, 4.69) is 27.7 Å². The molecule has 0 unspecified atom stereocenters. The molecule has 0 saturated carbocycles. The summed E-state index contributed by atoms with van der Waals surface area (Å²) in [7, 11) is 0. The van der Waals surface area contributed by atoms with Crippen molar-refractivity contribution < 1.29 is 19.1 Å². The van der Waals surface area contributed by atoms with Gasteiger partial charge in [0.05, 0.1) is 0 Å². The quantitative estimate of drug-likeness (QED) is 0.0456. The van der Waals surface area contributed by atoms with Crippen LogP contribution in [0.15, 0.2) is 0 Å². The third-order valence-corrected chi connectivity index (χ3v) is 12.5. The Kier molecular flexibility index (Phi) is 43.2. The predicted octanol–water partition coefficient (Wildman–Crippen LogP) is 17.5. The highest BCUT2D eigenvalue weighted by Crippen LogP contribution is 2.28. The lowest BCUT2D eigenvalue weighted by molar-refractivity contribution is -0.154. The van der Waals surface area contributed by atoms with Crippen LogP contribution in [-0.2, 0) is 19.1 Å². The molecule has 0 heterocycles. The molecule has 0 aromatic rings. The lowest BCUT2D eigenvalue weighted by atomic mass is 9.84. The highest BCUT2D eigenvalue weighted by molar-refractivity contribution is 5.69. The molecule has 0 aliphatic rings. The van der Waals surface area contributed by atoms with E-state index in [0.717, 1.165) is 38.5 Å². The number of rotatable bonds is 46. The highest BCUT2D eigenvalue weighted by Gasteiger charge is 2.30. The van der Waals surface area contributed by atoms with E-state index in [1.54, 1.807) is 0 Å². The van der Waals surface area contributed by atoms with Crippen molar-refractivity contribution in [1.82, 2.24) is 0 Å². The molecule has 55 heavy (non-hydrogen) atoms. The molecule has 0 saturated heterocycles. The fourth-order valence-electron chi connectivity index (χ4n) is 8.01. The second-order valence-corrected chi connectivity index (χ2v) is 17.8. The number of hydrogen-bond donors (Lipinski definition) is 0. The molecule has 0 aliphatic carbocycles. The second kappa shape index (κ2) is 44.1. The third kappa shape index (κ3) is 39.5. The summed E-state index contributed by atoms with van der Waals surface area (Å²) in [6.45, 7) is 9.51. The lowest BCUT2D eigenvalue weighted by Crippen LogP contribution is -2.33. The van der Waals surface area contributed by atoms with Crippen LogP contribution in [0.2, 0.25) is 0 Å². The zero-order valence-corrected chi connectivity index (χ0v) is 38.2. The van der Waals surface area contributed by atoms with Gasteiger partial charge in [0.25, 0.3) is 0 Å². The summed E-state index contributed by atoms with van der Waals surface area (Å²) in [5, 5.41) is 0. The molecule has 0 radical (unpaired) electrons. The molecule has 0 aromatic carbocycles. The summed E-state index contributed by atoms with van der Waals surface area (Å²) >= 11 is 0. The highest BCUT2D eigenvalue weighted by atomic mass is 16.5. The van der Waals surface area contributed by atoms with E-state index in [1.165, 1.54) is 218 Å². The Hall–Kier alpha value is -1.06. The summed E-state index contributed by atoms with van der Waals surface area (Å²) in [6.07, 6.45) is 54.1. The van der Waals surface area contributed by atoms with Crippen LogP contribution < -0.4 is 0 Å². The molecule has 4 heteroatoms. The fraction of sp³-hybridized carbons (Fsp3) is 0.961. The van der Waals surface area contributed by atoms with E-state index >= 15 is 0 Å². The first-order chi connectivity index (χ1) is 27.0. The van der Waals surface area contributed by atoms with Crippen molar-refractivity contribution in [1.29, 1.82) is 0 Å². The molecule has 0 amide bonds. The number of unbranched alkanes of at least 4 members (excludes halogenated alkanes) is 36. The predicted molar refractivity (Wildman–Crippen MR) is 241 cm³/mol. The standard InChI is InChI=1S/C51H100O4/c1-5-9-11-13-15-17-19-21-23-25-27-29-31-33-35-37-39-41-43-45-49(52)54-47-51(7-3,8-4)48-55-50(53)46-44-42-40-38-36-34-32-30-28-26-24-22-20-18-16-14-12-10-6-2/h5-48H2,1-4H3. The molecule has 0 rings (SSSR count). The smallest absolute Gasteiger partial charge is 0.305 e. The van der Waals surface area contributed by atoms with Crippen molar-refractivity contribution >= 4 is 11.9 Å². The Morgan fingerprint density at radius 2 is 0.473 bits per heavy atom. The Balaban J connectivity index is 3.64. The average Bonchev–Trinajstić information content (AvgIpc) is 3.20. The maximum atomic E-state index is 12.5. The molecule has 4 nitrogen and oxygen atoms in total. The Morgan fingerprint density at radius 1 is 0.291 bits per heavy atom. The third-order valence-electron chi connectivity index (χ3n) is 12.5. The molecule has 0 N–H and O–H groups in total. The van der Waals surface area contributed by atoms with Gasteiger partial charge in [0.15, 0.2) is 0 Å². The van der Waals surface area contributed by atoms with Crippen molar-refractivity contribution in [3.8, 4) is 0 Å². The van der Waals surface area contributed by atoms with Crippen LogP contribution in [0.5, 0.6) is 0 Å².